The minimum Gasteiger partial charge on any atom is -0.395 e. The second kappa shape index (κ2) is 8.28. The van der Waals surface area contributed by atoms with Gasteiger partial charge in [-0.05, 0) is 47.1 Å². The first-order chi connectivity index (χ1) is 12.1. The molecule has 0 saturated carbocycles. The smallest absolute Gasteiger partial charge is 0.395 e. The highest BCUT2D eigenvalue weighted by Crippen LogP contribution is 2.48. The summed E-state index contributed by atoms with van der Waals surface area (Å²) < 4.78 is 23.3. The molecule has 0 aromatic heterocycles. The van der Waals surface area contributed by atoms with Crippen LogP contribution in [0.25, 0.3) is 0 Å². The van der Waals surface area contributed by atoms with Crippen molar-refractivity contribution in [2.24, 2.45) is 0 Å². The van der Waals surface area contributed by atoms with E-state index in [-0.39, 0.29) is 11.8 Å². The van der Waals surface area contributed by atoms with Crippen molar-refractivity contribution in [2.45, 2.75) is 59.3 Å². The minimum absolute atomic E-state index is 0.151. The molecule has 0 saturated heterocycles. The molecule has 5 heteroatoms. The summed E-state index contributed by atoms with van der Waals surface area (Å²) >= 11 is 0. The van der Waals surface area contributed by atoms with E-state index in [0.29, 0.717) is 17.4 Å². The molecule has 26 heavy (non-hydrogen) atoms. The fraction of sp³-hybridized carbons (Fsp3) is 0.429. The van der Waals surface area contributed by atoms with Gasteiger partial charge in [-0.25, -0.2) is 4.57 Å². The SMILES string of the molecule is CC(C)c1ccc(OP(=O)(O)Oc2ccccc2)c(C(C)C)c1C(C)C. The summed E-state index contributed by atoms with van der Waals surface area (Å²) in [7, 11) is -4.29. The lowest BCUT2D eigenvalue weighted by Gasteiger charge is -2.26. The number of hydrogen-bond donors (Lipinski definition) is 1. The van der Waals surface area contributed by atoms with Gasteiger partial charge >= 0.3 is 7.82 Å². The summed E-state index contributed by atoms with van der Waals surface area (Å²) in [5, 5.41) is 0. The Morgan fingerprint density at radius 3 is 1.85 bits per heavy atom. The summed E-state index contributed by atoms with van der Waals surface area (Å²) in [5.74, 6) is 1.50. The van der Waals surface area contributed by atoms with Gasteiger partial charge < -0.3 is 9.05 Å². The molecule has 2 aromatic carbocycles. The van der Waals surface area contributed by atoms with Gasteiger partial charge in [-0.15, -0.1) is 0 Å². The number of hydrogen-bond acceptors (Lipinski definition) is 3. The zero-order valence-corrected chi connectivity index (χ0v) is 17.3. The Hall–Kier alpha value is -1.77. The summed E-state index contributed by atoms with van der Waals surface area (Å²) in [6.45, 7) is 12.7. The van der Waals surface area contributed by atoms with Crippen molar-refractivity contribution in [2.75, 3.05) is 0 Å². The molecule has 1 atom stereocenters. The molecule has 0 aliphatic heterocycles. The highest BCUT2D eigenvalue weighted by molar-refractivity contribution is 7.48. The van der Waals surface area contributed by atoms with Crippen LogP contribution in [0.1, 0.15) is 76.0 Å². The lowest BCUT2D eigenvalue weighted by molar-refractivity contribution is 0.289. The Balaban J connectivity index is 2.45. The Bertz CT molecular complexity index is 782. The first-order valence-corrected chi connectivity index (χ1v) is 10.6. The highest BCUT2D eigenvalue weighted by atomic mass is 31.2. The monoisotopic (exact) mass is 376 g/mol. The molecule has 0 heterocycles. The van der Waals surface area contributed by atoms with Crippen molar-refractivity contribution < 1.29 is 18.5 Å². The topological polar surface area (TPSA) is 55.8 Å². The first kappa shape index (κ1) is 20.5. The van der Waals surface area contributed by atoms with Crippen molar-refractivity contribution in [1.29, 1.82) is 0 Å². The van der Waals surface area contributed by atoms with Crippen molar-refractivity contribution >= 4 is 7.82 Å². The van der Waals surface area contributed by atoms with Crippen LogP contribution >= 0.6 is 7.82 Å². The predicted octanol–water partition coefficient (Wildman–Crippen LogP) is 6.62. The van der Waals surface area contributed by atoms with Gasteiger partial charge in [0.2, 0.25) is 0 Å². The quantitative estimate of drug-likeness (QED) is 0.552. The molecule has 0 bridgehead atoms. The zero-order chi connectivity index (χ0) is 19.5. The predicted molar refractivity (Wildman–Crippen MR) is 106 cm³/mol. The third kappa shape index (κ3) is 4.90. The van der Waals surface area contributed by atoms with E-state index in [0.717, 1.165) is 5.56 Å². The van der Waals surface area contributed by atoms with E-state index in [9.17, 15) is 9.46 Å². The summed E-state index contributed by atoms with van der Waals surface area (Å²) in [4.78, 5) is 10.2. The van der Waals surface area contributed by atoms with Gasteiger partial charge in [0.05, 0.1) is 0 Å². The number of phosphoric acid groups is 1. The lowest BCUT2D eigenvalue weighted by Crippen LogP contribution is -2.09. The van der Waals surface area contributed by atoms with Gasteiger partial charge in [-0.1, -0.05) is 65.8 Å². The maximum atomic E-state index is 12.5. The van der Waals surface area contributed by atoms with E-state index in [2.05, 4.69) is 41.5 Å². The second-order valence-electron chi connectivity index (χ2n) is 7.41. The van der Waals surface area contributed by atoms with Crippen LogP contribution in [-0.4, -0.2) is 4.89 Å². The van der Waals surface area contributed by atoms with E-state index in [1.807, 2.05) is 12.1 Å². The summed E-state index contributed by atoms with van der Waals surface area (Å²) in [6, 6.07) is 12.3. The summed E-state index contributed by atoms with van der Waals surface area (Å²) in [5.41, 5.74) is 3.40. The van der Waals surface area contributed by atoms with Crippen LogP contribution in [0.15, 0.2) is 42.5 Å². The van der Waals surface area contributed by atoms with E-state index < -0.39 is 7.82 Å². The summed E-state index contributed by atoms with van der Waals surface area (Å²) in [6.07, 6.45) is 0. The molecule has 4 nitrogen and oxygen atoms in total. The van der Waals surface area contributed by atoms with Crippen LogP contribution in [0, 0.1) is 0 Å². The van der Waals surface area contributed by atoms with Crippen molar-refractivity contribution in [3.63, 3.8) is 0 Å². The standard InChI is InChI=1S/C21H29O4P/c1-14(2)18-12-13-19(21(16(5)6)20(18)15(3)4)25-26(22,23)24-17-10-8-7-9-11-17/h7-16H,1-6H3,(H,22,23). The molecule has 2 aromatic rings. The Labute approximate surface area is 156 Å². The fourth-order valence-corrected chi connectivity index (χ4v) is 4.05. The lowest BCUT2D eigenvalue weighted by atomic mass is 9.83. The third-order valence-corrected chi connectivity index (χ3v) is 5.10. The number of rotatable bonds is 7. The van der Waals surface area contributed by atoms with Crippen LogP contribution in [0.2, 0.25) is 0 Å². The van der Waals surface area contributed by atoms with Gasteiger partial charge in [0.25, 0.3) is 0 Å². The van der Waals surface area contributed by atoms with Crippen molar-refractivity contribution in [3.8, 4) is 11.5 Å². The molecular formula is C21H29O4P. The van der Waals surface area contributed by atoms with Gasteiger partial charge in [0.15, 0.2) is 0 Å². The van der Waals surface area contributed by atoms with Gasteiger partial charge in [0, 0.05) is 5.56 Å². The zero-order valence-electron chi connectivity index (χ0n) is 16.4. The van der Waals surface area contributed by atoms with Crippen molar-refractivity contribution in [1.82, 2.24) is 0 Å². The molecule has 142 valence electrons. The van der Waals surface area contributed by atoms with Crippen LogP contribution in [-0.2, 0) is 4.57 Å². The van der Waals surface area contributed by atoms with Gasteiger partial charge in [-0.2, -0.15) is 0 Å². The molecule has 0 fully saturated rings. The van der Waals surface area contributed by atoms with Crippen LogP contribution in [0.5, 0.6) is 11.5 Å². The third-order valence-electron chi connectivity index (χ3n) is 4.24. The van der Waals surface area contributed by atoms with Crippen molar-refractivity contribution in [3.05, 3.63) is 59.2 Å². The molecule has 0 radical (unpaired) electrons. The van der Waals surface area contributed by atoms with Crippen LogP contribution in [0.4, 0.5) is 0 Å². The average molecular weight is 376 g/mol. The first-order valence-electron chi connectivity index (χ1n) is 9.06. The highest BCUT2D eigenvalue weighted by Gasteiger charge is 2.29. The second-order valence-corrected chi connectivity index (χ2v) is 8.71. The largest absolute Gasteiger partial charge is 0.584 e. The molecule has 1 unspecified atom stereocenters. The fourth-order valence-electron chi connectivity index (χ4n) is 3.21. The van der Waals surface area contributed by atoms with Gasteiger partial charge in [-0.3, -0.25) is 4.89 Å². The molecule has 0 aliphatic rings. The molecule has 2 rings (SSSR count). The Kier molecular flexibility index (Phi) is 6.54. The number of phosphoric ester groups is 1. The van der Waals surface area contributed by atoms with E-state index >= 15 is 0 Å². The maximum absolute atomic E-state index is 12.5. The van der Waals surface area contributed by atoms with E-state index in [1.165, 1.54) is 11.1 Å². The number of benzene rings is 2. The molecule has 1 N–H and O–H groups in total. The molecule has 0 amide bonds. The Morgan fingerprint density at radius 1 is 0.769 bits per heavy atom. The average Bonchev–Trinajstić information content (AvgIpc) is 2.53. The van der Waals surface area contributed by atoms with E-state index in [4.69, 9.17) is 9.05 Å². The number of para-hydroxylation sites is 1. The molecular weight excluding hydrogens is 347 g/mol. The van der Waals surface area contributed by atoms with Crippen LogP contribution in [0.3, 0.4) is 0 Å². The Morgan fingerprint density at radius 2 is 1.35 bits per heavy atom. The minimum atomic E-state index is -4.29. The molecule has 0 aliphatic carbocycles. The maximum Gasteiger partial charge on any atom is 0.584 e. The van der Waals surface area contributed by atoms with Crippen LogP contribution < -0.4 is 9.05 Å². The molecule has 0 spiro atoms. The normalized spacial score (nSPS) is 13.9. The van der Waals surface area contributed by atoms with E-state index in [1.54, 1.807) is 30.3 Å². The van der Waals surface area contributed by atoms with Gasteiger partial charge in [0.1, 0.15) is 11.5 Å².